The van der Waals surface area contributed by atoms with Crippen LogP contribution in [0.1, 0.15) is 62.9 Å². The second-order valence-electron chi connectivity index (χ2n) is 10.2. The Balaban J connectivity index is 2.89. The maximum atomic E-state index is 11.6. The predicted molar refractivity (Wildman–Crippen MR) is 120 cm³/mol. The zero-order valence-electron chi connectivity index (χ0n) is 20.2. The molecule has 0 fully saturated rings. The third kappa shape index (κ3) is 11.3. The molecule has 170 valence electrons. The van der Waals surface area contributed by atoms with E-state index in [0.717, 1.165) is 58.9 Å². The number of nitrogens with zero attached hydrogens (tertiary/aromatic N) is 2. The molecule has 0 spiro atoms. The molecule has 0 N–H and O–H groups in total. The molecule has 0 amide bonds. The molecule has 30 heavy (non-hydrogen) atoms. The Kier molecular flexibility index (Phi) is 9.98. The van der Waals surface area contributed by atoms with E-state index in [9.17, 15) is 9.59 Å². The smallest absolute Gasteiger partial charge is 0.303 e. The minimum Gasteiger partial charge on any atom is -0.458 e. The summed E-state index contributed by atoms with van der Waals surface area (Å²) in [5.41, 5.74) is 1.95. The number of benzene rings is 1. The highest BCUT2D eigenvalue weighted by atomic mass is 16.5. The fourth-order valence-electron chi connectivity index (χ4n) is 3.42. The predicted octanol–water partition coefficient (Wildman–Crippen LogP) is 3.87. The molecule has 1 aromatic rings. The van der Waals surface area contributed by atoms with Crippen molar-refractivity contribution in [3.05, 3.63) is 35.4 Å². The van der Waals surface area contributed by atoms with Crippen LogP contribution in [0.25, 0.3) is 0 Å². The highest BCUT2D eigenvalue weighted by Gasteiger charge is 2.20. The lowest BCUT2D eigenvalue weighted by molar-refractivity contribution is -0.870. The SMILES string of the molecule is CC(=O)OC(CCC[N+](C)(C)C)c1ccc(C(CCC[N+](C)(C)C)OC(C)=O)cc1. The van der Waals surface area contributed by atoms with Gasteiger partial charge in [-0.2, -0.15) is 0 Å². The van der Waals surface area contributed by atoms with Crippen molar-refractivity contribution in [1.82, 2.24) is 0 Å². The molecule has 0 bridgehead atoms. The van der Waals surface area contributed by atoms with Crippen LogP contribution < -0.4 is 0 Å². The fourth-order valence-corrected chi connectivity index (χ4v) is 3.42. The summed E-state index contributed by atoms with van der Waals surface area (Å²) in [5, 5.41) is 0. The van der Waals surface area contributed by atoms with Crippen molar-refractivity contribution < 1.29 is 28.0 Å². The van der Waals surface area contributed by atoms with Gasteiger partial charge in [-0.05, 0) is 24.0 Å². The van der Waals surface area contributed by atoms with E-state index in [0.29, 0.717) is 0 Å². The van der Waals surface area contributed by atoms with Crippen molar-refractivity contribution in [2.24, 2.45) is 0 Å². The Morgan fingerprint density at radius 2 is 1.00 bits per heavy atom. The first-order chi connectivity index (χ1) is 13.8. The second-order valence-corrected chi connectivity index (χ2v) is 10.2. The second kappa shape index (κ2) is 11.5. The minimum absolute atomic E-state index is 0.256. The number of carbonyl (C=O) groups excluding carboxylic acids is 2. The number of hydrogen-bond acceptors (Lipinski definition) is 4. The summed E-state index contributed by atoms with van der Waals surface area (Å²) in [5.74, 6) is -0.542. The third-order valence-electron chi connectivity index (χ3n) is 4.89. The molecule has 2 unspecified atom stereocenters. The molecule has 0 radical (unpaired) electrons. The van der Waals surface area contributed by atoms with Gasteiger partial charge < -0.3 is 18.4 Å². The molecule has 1 aromatic carbocycles. The third-order valence-corrected chi connectivity index (χ3v) is 4.89. The molecule has 0 aromatic heterocycles. The lowest BCUT2D eigenvalue weighted by Crippen LogP contribution is -2.35. The Bertz CT molecular complexity index is 613. The quantitative estimate of drug-likeness (QED) is 0.379. The van der Waals surface area contributed by atoms with Gasteiger partial charge in [-0.25, -0.2) is 0 Å². The molecule has 6 heteroatoms. The number of quaternary nitrogens is 2. The van der Waals surface area contributed by atoms with Gasteiger partial charge >= 0.3 is 11.9 Å². The fraction of sp³-hybridized carbons (Fsp3) is 0.667. The van der Waals surface area contributed by atoms with Crippen molar-refractivity contribution in [2.75, 3.05) is 55.4 Å². The van der Waals surface area contributed by atoms with Crippen molar-refractivity contribution in [3.63, 3.8) is 0 Å². The summed E-state index contributed by atoms with van der Waals surface area (Å²) in [7, 11) is 12.9. The number of ether oxygens (including phenoxy) is 2. The van der Waals surface area contributed by atoms with Gasteiger partial charge in [0.05, 0.1) is 55.4 Å². The summed E-state index contributed by atoms with van der Waals surface area (Å²) in [6.07, 6.45) is 2.98. The molecule has 1 rings (SSSR count). The molecule has 0 aliphatic heterocycles. The largest absolute Gasteiger partial charge is 0.458 e. The highest BCUT2D eigenvalue weighted by Crippen LogP contribution is 2.28. The molecule has 2 atom stereocenters. The van der Waals surface area contributed by atoms with Crippen LogP contribution >= 0.6 is 0 Å². The first kappa shape index (κ1) is 26.1. The summed E-state index contributed by atoms with van der Waals surface area (Å²) in [6.45, 7) is 4.92. The van der Waals surface area contributed by atoms with Gasteiger partial charge in [0.25, 0.3) is 0 Å². The first-order valence-corrected chi connectivity index (χ1v) is 10.8. The first-order valence-electron chi connectivity index (χ1n) is 10.8. The van der Waals surface area contributed by atoms with Crippen LogP contribution in [0, 0.1) is 0 Å². The normalized spacial score (nSPS) is 14.1. The highest BCUT2D eigenvalue weighted by molar-refractivity contribution is 5.66. The summed E-state index contributed by atoms with van der Waals surface area (Å²) in [4.78, 5) is 23.2. The van der Waals surface area contributed by atoms with Gasteiger partial charge in [0.15, 0.2) is 0 Å². The van der Waals surface area contributed by atoms with Crippen LogP contribution in [0.4, 0.5) is 0 Å². The molecule has 0 saturated carbocycles. The maximum absolute atomic E-state index is 11.6. The van der Waals surface area contributed by atoms with E-state index in [1.54, 1.807) is 0 Å². The standard InChI is InChI=1S/C24H42N2O4/c1-19(27)29-23(11-9-17-25(3,4)5)21-13-15-22(16-14-21)24(30-20(2)28)12-10-18-26(6,7)8/h13-16,23-24H,9-12,17-18H2,1-8H3/q+2. The van der Waals surface area contributed by atoms with Gasteiger partial charge in [-0.1, -0.05) is 24.3 Å². The van der Waals surface area contributed by atoms with Crippen molar-refractivity contribution >= 4 is 11.9 Å². The summed E-state index contributed by atoms with van der Waals surface area (Å²) in [6, 6.07) is 7.97. The molecular weight excluding hydrogens is 380 g/mol. The van der Waals surface area contributed by atoms with Crippen molar-refractivity contribution in [1.29, 1.82) is 0 Å². The number of carbonyl (C=O) groups is 2. The van der Waals surface area contributed by atoms with E-state index in [1.165, 1.54) is 13.8 Å². The van der Waals surface area contributed by atoms with Gasteiger partial charge in [0.2, 0.25) is 0 Å². The Morgan fingerprint density at radius 1 is 0.700 bits per heavy atom. The topological polar surface area (TPSA) is 52.6 Å². The Labute approximate surface area is 182 Å². The van der Waals surface area contributed by atoms with Gasteiger partial charge in [0.1, 0.15) is 12.2 Å². The average molecular weight is 423 g/mol. The average Bonchev–Trinajstić information content (AvgIpc) is 2.57. The zero-order valence-corrected chi connectivity index (χ0v) is 20.2. The Morgan fingerprint density at radius 3 is 1.23 bits per heavy atom. The van der Waals surface area contributed by atoms with Crippen LogP contribution in [0.15, 0.2) is 24.3 Å². The van der Waals surface area contributed by atoms with Gasteiger partial charge in [0, 0.05) is 26.7 Å². The van der Waals surface area contributed by atoms with Crippen LogP contribution in [-0.4, -0.2) is 76.3 Å². The van der Waals surface area contributed by atoms with Gasteiger partial charge in [-0.3, -0.25) is 9.59 Å². The molecule has 0 aliphatic rings. The molecule has 6 nitrogen and oxygen atoms in total. The van der Waals surface area contributed by atoms with E-state index >= 15 is 0 Å². The van der Waals surface area contributed by atoms with E-state index in [2.05, 4.69) is 42.3 Å². The number of esters is 2. The zero-order chi connectivity index (χ0) is 22.9. The monoisotopic (exact) mass is 422 g/mol. The van der Waals surface area contributed by atoms with Crippen LogP contribution in [0.5, 0.6) is 0 Å². The molecule has 0 heterocycles. The van der Waals surface area contributed by atoms with E-state index < -0.39 is 0 Å². The van der Waals surface area contributed by atoms with Crippen molar-refractivity contribution in [2.45, 2.75) is 51.7 Å². The van der Waals surface area contributed by atoms with Crippen molar-refractivity contribution in [3.8, 4) is 0 Å². The Hall–Kier alpha value is -1.92. The molecular formula is C24H42N2O4+2. The summed E-state index contributed by atoms with van der Waals surface area (Å²) < 4.78 is 12.9. The lowest BCUT2D eigenvalue weighted by atomic mass is 9.99. The molecule has 0 saturated heterocycles. The van der Waals surface area contributed by atoms with E-state index in [1.807, 2.05) is 24.3 Å². The van der Waals surface area contributed by atoms with Gasteiger partial charge in [-0.15, -0.1) is 0 Å². The van der Waals surface area contributed by atoms with E-state index in [-0.39, 0.29) is 24.1 Å². The summed E-state index contributed by atoms with van der Waals surface area (Å²) >= 11 is 0. The van der Waals surface area contributed by atoms with Crippen LogP contribution in [0.2, 0.25) is 0 Å². The molecule has 0 aliphatic carbocycles. The van der Waals surface area contributed by atoms with Crippen LogP contribution in [-0.2, 0) is 19.1 Å². The lowest BCUT2D eigenvalue weighted by Gasteiger charge is -2.26. The van der Waals surface area contributed by atoms with Crippen LogP contribution in [0.3, 0.4) is 0 Å². The minimum atomic E-state index is -0.271. The number of hydrogen-bond donors (Lipinski definition) is 0. The number of rotatable bonds is 12. The maximum Gasteiger partial charge on any atom is 0.303 e. The van der Waals surface area contributed by atoms with E-state index in [4.69, 9.17) is 9.47 Å².